The molecule has 0 radical (unpaired) electrons. The standard InChI is InChI=1S/C23H18Cl2N2O2/c24-19-7-5-16(6-8-19)22(28)26-14-15-4-9-21-17(12-15)10-11-27(21)23(29)18-2-1-3-20(25)13-18/h1-9,12-13H,10-11,14H2,(H,26,28). The average molecular weight is 425 g/mol. The second kappa shape index (κ2) is 8.27. The fraction of sp³-hybridized carbons (Fsp3) is 0.130. The minimum atomic E-state index is -0.153. The predicted molar refractivity (Wildman–Crippen MR) is 116 cm³/mol. The summed E-state index contributed by atoms with van der Waals surface area (Å²) in [6.45, 7) is 1.04. The van der Waals surface area contributed by atoms with E-state index in [0.29, 0.717) is 34.3 Å². The van der Waals surface area contributed by atoms with Gasteiger partial charge in [0.25, 0.3) is 11.8 Å². The van der Waals surface area contributed by atoms with Crippen LogP contribution >= 0.6 is 23.2 Å². The Hall–Kier alpha value is -2.82. The van der Waals surface area contributed by atoms with Crippen LogP contribution in [0.3, 0.4) is 0 Å². The molecule has 6 heteroatoms. The number of benzene rings is 3. The van der Waals surface area contributed by atoms with E-state index in [1.807, 2.05) is 18.2 Å². The van der Waals surface area contributed by atoms with E-state index in [0.717, 1.165) is 23.2 Å². The maximum absolute atomic E-state index is 12.8. The van der Waals surface area contributed by atoms with E-state index >= 15 is 0 Å². The predicted octanol–water partition coefficient (Wildman–Crippen LogP) is 5.13. The molecule has 0 saturated heterocycles. The first-order valence-electron chi connectivity index (χ1n) is 9.24. The van der Waals surface area contributed by atoms with Gasteiger partial charge in [-0.3, -0.25) is 9.59 Å². The molecular weight excluding hydrogens is 407 g/mol. The molecule has 0 aliphatic carbocycles. The number of carbonyl (C=O) groups is 2. The third-order valence-corrected chi connectivity index (χ3v) is 5.40. The zero-order valence-electron chi connectivity index (χ0n) is 15.5. The lowest BCUT2D eigenvalue weighted by Crippen LogP contribution is -2.28. The summed E-state index contributed by atoms with van der Waals surface area (Å²) in [5.74, 6) is -0.213. The van der Waals surface area contributed by atoms with E-state index < -0.39 is 0 Å². The second-order valence-corrected chi connectivity index (χ2v) is 7.74. The summed E-state index contributed by atoms with van der Waals surface area (Å²) in [7, 11) is 0. The van der Waals surface area contributed by atoms with Gasteiger partial charge in [0.05, 0.1) is 0 Å². The van der Waals surface area contributed by atoms with Crippen LogP contribution in [0.25, 0.3) is 0 Å². The zero-order chi connectivity index (χ0) is 20.4. The normalized spacial score (nSPS) is 12.6. The lowest BCUT2D eigenvalue weighted by Gasteiger charge is -2.18. The maximum atomic E-state index is 12.8. The van der Waals surface area contributed by atoms with Crippen LogP contribution in [0.1, 0.15) is 31.8 Å². The van der Waals surface area contributed by atoms with Crippen LogP contribution in [0.5, 0.6) is 0 Å². The molecule has 4 nitrogen and oxygen atoms in total. The van der Waals surface area contributed by atoms with Crippen LogP contribution in [0.2, 0.25) is 10.0 Å². The first-order chi connectivity index (χ1) is 14.0. The van der Waals surface area contributed by atoms with E-state index in [4.69, 9.17) is 23.2 Å². The lowest BCUT2D eigenvalue weighted by molar-refractivity contribution is 0.0949. The van der Waals surface area contributed by atoms with Gasteiger partial charge in [-0.2, -0.15) is 0 Å². The van der Waals surface area contributed by atoms with Gasteiger partial charge in [0.15, 0.2) is 0 Å². The molecule has 4 rings (SSSR count). The Morgan fingerprint density at radius 1 is 0.897 bits per heavy atom. The van der Waals surface area contributed by atoms with Crippen molar-refractivity contribution in [3.05, 3.63) is 99.0 Å². The van der Waals surface area contributed by atoms with Gasteiger partial charge in [-0.05, 0) is 66.1 Å². The number of rotatable bonds is 4. The highest BCUT2D eigenvalue weighted by atomic mass is 35.5. The van der Waals surface area contributed by atoms with Crippen LogP contribution in [0.4, 0.5) is 5.69 Å². The SMILES string of the molecule is O=C(NCc1ccc2c(c1)CCN2C(=O)c1cccc(Cl)c1)c1ccc(Cl)cc1. The molecule has 0 bridgehead atoms. The molecule has 0 aromatic heterocycles. The molecule has 1 heterocycles. The summed E-state index contributed by atoms with van der Waals surface area (Å²) in [4.78, 5) is 26.9. The number of anilines is 1. The molecule has 0 saturated carbocycles. The highest BCUT2D eigenvalue weighted by Gasteiger charge is 2.25. The second-order valence-electron chi connectivity index (χ2n) is 6.87. The molecular formula is C23H18Cl2N2O2. The molecule has 1 N–H and O–H groups in total. The summed E-state index contributed by atoms with van der Waals surface area (Å²) in [6, 6.07) is 19.7. The first kappa shape index (κ1) is 19.5. The molecule has 29 heavy (non-hydrogen) atoms. The van der Waals surface area contributed by atoms with E-state index in [2.05, 4.69) is 5.32 Å². The van der Waals surface area contributed by atoms with E-state index in [-0.39, 0.29) is 11.8 Å². The van der Waals surface area contributed by atoms with Crippen molar-refractivity contribution in [1.29, 1.82) is 0 Å². The highest BCUT2D eigenvalue weighted by Crippen LogP contribution is 2.30. The summed E-state index contributed by atoms with van der Waals surface area (Å²) < 4.78 is 0. The summed E-state index contributed by atoms with van der Waals surface area (Å²) in [5.41, 5.74) is 4.13. The zero-order valence-corrected chi connectivity index (χ0v) is 17.0. The number of hydrogen-bond donors (Lipinski definition) is 1. The Morgan fingerprint density at radius 3 is 2.45 bits per heavy atom. The smallest absolute Gasteiger partial charge is 0.258 e. The third-order valence-electron chi connectivity index (χ3n) is 4.92. The van der Waals surface area contributed by atoms with Crippen molar-refractivity contribution >= 4 is 40.7 Å². The topological polar surface area (TPSA) is 49.4 Å². The van der Waals surface area contributed by atoms with Crippen molar-refractivity contribution in [3.63, 3.8) is 0 Å². The molecule has 0 spiro atoms. The Balaban J connectivity index is 1.45. The Bertz CT molecular complexity index is 1080. The number of fused-ring (bicyclic) bond motifs is 1. The molecule has 146 valence electrons. The number of carbonyl (C=O) groups excluding carboxylic acids is 2. The van der Waals surface area contributed by atoms with Crippen LogP contribution in [-0.2, 0) is 13.0 Å². The Kier molecular flexibility index (Phi) is 5.56. The minimum absolute atomic E-state index is 0.0601. The number of nitrogens with zero attached hydrogens (tertiary/aromatic N) is 1. The third kappa shape index (κ3) is 4.29. The minimum Gasteiger partial charge on any atom is -0.348 e. The van der Waals surface area contributed by atoms with E-state index in [9.17, 15) is 9.59 Å². The monoisotopic (exact) mass is 424 g/mol. The van der Waals surface area contributed by atoms with Gasteiger partial charge in [0, 0.05) is 39.9 Å². The molecule has 0 unspecified atom stereocenters. The Morgan fingerprint density at radius 2 is 1.69 bits per heavy atom. The Labute approximate surface area is 179 Å². The van der Waals surface area contributed by atoms with Crippen molar-refractivity contribution in [3.8, 4) is 0 Å². The van der Waals surface area contributed by atoms with Gasteiger partial charge in [0.1, 0.15) is 0 Å². The summed E-state index contributed by atoms with van der Waals surface area (Å²) >= 11 is 11.9. The van der Waals surface area contributed by atoms with Crippen LogP contribution in [-0.4, -0.2) is 18.4 Å². The molecule has 0 atom stereocenters. The average Bonchev–Trinajstić information content (AvgIpc) is 3.15. The number of nitrogens with one attached hydrogen (secondary N) is 1. The molecule has 1 aliphatic heterocycles. The first-order valence-corrected chi connectivity index (χ1v) is 10.00. The largest absolute Gasteiger partial charge is 0.348 e. The van der Waals surface area contributed by atoms with Crippen molar-refractivity contribution in [2.75, 3.05) is 11.4 Å². The van der Waals surface area contributed by atoms with Gasteiger partial charge >= 0.3 is 0 Å². The fourth-order valence-electron chi connectivity index (χ4n) is 3.44. The lowest BCUT2D eigenvalue weighted by atomic mass is 10.1. The molecule has 2 amide bonds. The van der Waals surface area contributed by atoms with Gasteiger partial charge in [-0.1, -0.05) is 41.4 Å². The quantitative estimate of drug-likeness (QED) is 0.631. The number of halogens is 2. The van der Waals surface area contributed by atoms with Crippen LogP contribution < -0.4 is 10.2 Å². The maximum Gasteiger partial charge on any atom is 0.258 e. The van der Waals surface area contributed by atoms with Crippen molar-refractivity contribution in [2.45, 2.75) is 13.0 Å². The van der Waals surface area contributed by atoms with Gasteiger partial charge < -0.3 is 10.2 Å². The van der Waals surface area contributed by atoms with Crippen molar-refractivity contribution in [2.24, 2.45) is 0 Å². The van der Waals surface area contributed by atoms with Gasteiger partial charge in [-0.15, -0.1) is 0 Å². The highest BCUT2D eigenvalue weighted by molar-refractivity contribution is 6.31. The molecule has 1 aliphatic rings. The molecule has 0 fully saturated rings. The van der Waals surface area contributed by atoms with Crippen molar-refractivity contribution in [1.82, 2.24) is 5.32 Å². The van der Waals surface area contributed by atoms with E-state index in [1.165, 1.54) is 0 Å². The summed E-state index contributed by atoms with van der Waals surface area (Å²) in [6.07, 6.45) is 0.778. The van der Waals surface area contributed by atoms with Crippen LogP contribution in [0.15, 0.2) is 66.7 Å². The van der Waals surface area contributed by atoms with Gasteiger partial charge in [0.2, 0.25) is 0 Å². The number of amides is 2. The van der Waals surface area contributed by atoms with E-state index in [1.54, 1.807) is 53.4 Å². The fourth-order valence-corrected chi connectivity index (χ4v) is 3.76. The summed E-state index contributed by atoms with van der Waals surface area (Å²) in [5, 5.41) is 4.05. The van der Waals surface area contributed by atoms with Crippen LogP contribution in [0, 0.1) is 0 Å². The van der Waals surface area contributed by atoms with Crippen molar-refractivity contribution < 1.29 is 9.59 Å². The van der Waals surface area contributed by atoms with Gasteiger partial charge in [-0.25, -0.2) is 0 Å². The number of hydrogen-bond acceptors (Lipinski definition) is 2. The molecule has 3 aromatic carbocycles. The molecule has 3 aromatic rings.